The molecule has 1 saturated heterocycles. The molecule has 4 rings (SSSR count). The van der Waals surface area contributed by atoms with E-state index in [1.54, 1.807) is 0 Å². The summed E-state index contributed by atoms with van der Waals surface area (Å²) in [4.78, 5) is 21.9. The summed E-state index contributed by atoms with van der Waals surface area (Å²) in [7, 11) is 0. The van der Waals surface area contributed by atoms with Crippen LogP contribution in [0.4, 0.5) is 0 Å². The molecule has 146 valence electrons. The van der Waals surface area contributed by atoms with Gasteiger partial charge in [0.25, 0.3) is 5.91 Å². The molecular formula is C22H26N4O2. The predicted octanol–water partition coefficient (Wildman–Crippen LogP) is 3.61. The molecule has 28 heavy (non-hydrogen) atoms. The lowest BCUT2D eigenvalue weighted by Crippen LogP contribution is -2.48. The number of carbonyl (C=O) groups excluding carboxylic acids is 1. The van der Waals surface area contributed by atoms with Crippen molar-refractivity contribution in [1.29, 1.82) is 0 Å². The summed E-state index contributed by atoms with van der Waals surface area (Å²) in [5, 5.41) is 5.18. The zero-order valence-electron chi connectivity index (χ0n) is 16.7. The van der Waals surface area contributed by atoms with Gasteiger partial charge in [0.2, 0.25) is 0 Å². The van der Waals surface area contributed by atoms with Crippen LogP contribution in [-0.2, 0) is 6.54 Å². The molecule has 0 unspecified atom stereocenters. The van der Waals surface area contributed by atoms with Crippen LogP contribution in [0.2, 0.25) is 0 Å². The fourth-order valence-corrected chi connectivity index (χ4v) is 3.84. The molecule has 0 N–H and O–H groups in total. The first kappa shape index (κ1) is 18.6. The summed E-state index contributed by atoms with van der Waals surface area (Å²) in [6.07, 6.45) is 1.84. The smallest absolute Gasteiger partial charge is 0.259 e. The fraction of sp³-hybridized carbons (Fsp3) is 0.409. The Hall–Kier alpha value is -2.73. The molecule has 0 atom stereocenters. The third kappa shape index (κ3) is 3.52. The summed E-state index contributed by atoms with van der Waals surface area (Å²) in [5.74, 6) is 0.862. The van der Waals surface area contributed by atoms with Crippen LogP contribution in [0.15, 0.2) is 41.1 Å². The van der Waals surface area contributed by atoms with Gasteiger partial charge in [-0.25, -0.2) is 0 Å². The second-order valence-electron chi connectivity index (χ2n) is 7.72. The highest BCUT2D eigenvalue weighted by Gasteiger charge is 2.29. The van der Waals surface area contributed by atoms with E-state index in [-0.39, 0.29) is 11.8 Å². The number of aryl methyl sites for hydroxylation is 1. The number of aromatic nitrogens is 2. The molecule has 1 aliphatic rings. The Bertz CT molecular complexity index is 982. The van der Waals surface area contributed by atoms with Crippen LogP contribution in [-0.4, -0.2) is 52.0 Å². The molecule has 0 bridgehead atoms. The van der Waals surface area contributed by atoms with Gasteiger partial charge in [-0.2, -0.15) is 0 Å². The molecule has 0 aliphatic carbocycles. The van der Waals surface area contributed by atoms with Crippen molar-refractivity contribution in [2.24, 2.45) is 0 Å². The summed E-state index contributed by atoms with van der Waals surface area (Å²) in [6, 6.07) is 10.4. The number of rotatable bonds is 4. The molecule has 0 saturated carbocycles. The Kier molecular flexibility index (Phi) is 5.13. The van der Waals surface area contributed by atoms with Gasteiger partial charge < -0.3 is 9.42 Å². The summed E-state index contributed by atoms with van der Waals surface area (Å²) in [6.45, 7) is 9.83. The zero-order chi connectivity index (χ0) is 19.7. The molecular weight excluding hydrogens is 352 g/mol. The van der Waals surface area contributed by atoms with Crippen molar-refractivity contribution in [1.82, 2.24) is 19.9 Å². The topological polar surface area (TPSA) is 62.5 Å². The number of hydrogen-bond donors (Lipinski definition) is 0. The molecule has 6 nitrogen and oxygen atoms in total. The third-order valence-electron chi connectivity index (χ3n) is 5.40. The van der Waals surface area contributed by atoms with Crippen molar-refractivity contribution < 1.29 is 9.32 Å². The van der Waals surface area contributed by atoms with Crippen molar-refractivity contribution in [2.75, 3.05) is 26.2 Å². The van der Waals surface area contributed by atoms with Gasteiger partial charge in [-0.3, -0.25) is 14.7 Å². The van der Waals surface area contributed by atoms with E-state index in [4.69, 9.17) is 4.52 Å². The van der Waals surface area contributed by atoms with E-state index in [1.165, 1.54) is 5.56 Å². The lowest BCUT2D eigenvalue weighted by Gasteiger charge is -2.35. The standard InChI is InChI=1S/C22H26N4O2/c1-15(2)21-19(16(3)24-28-21)22(27)26-12-10-25(11-13-26)14-18-7-4-6-17-8-5-9-23-20(17)18/h4-9,15H,10-14H2,1-3H3. The molecule has 1 fully saturated rings. The first-order chi connectivity index (χ1) is 13.5. The van der Waals surface area contributed by atoms with Gasteiger partial charge in [-0.15, -0.1) is 0 Å². The third-order valence-corrected chi connectivity index (χ3v) is 5.40. The number of piperazine rings is 1. The number of pyridine rings is 1. The second kappa shape index (κ2) is 7.72. The highest BCUT2D eigenvalue weighted by molar-refractivity contribution is 5.96. The van der Waals surface area contributed by atoms with Crippen molar-refractivity contribution >= 4 is 16.8 Å². The maximum atomic E-state index is 13.0. The van der Waals surface area contributed by atoms with Gasteiger partial charge in [0.05, 0.1) is 11.2 Å². The van der Waals surface area contributed by atoms with Crippen molar-refractivity contribution in [3.8, 4) is 0 Å². The van der Waals surface area contributed by atoms with Crippen LogP contribution in [0.1, 0.15) is 47.1 Å². The lowest BCUT2D eigenvalue weighted by molar-refractivity contribution is 0.0625. The largest absolute Gasteiger partial charge is 0.360 e. The van der Waals surface area contributed by atoms with Crippen molar-refractivity contribution in [3.05, 3.63) is 59.1 Å². The minimum absolute atomic E-state index is 0.0360. The molecule has 3 heterocycles. The second-order valence-corrected chi connectivity index (χ2v) is 7.72. The molecule has 0 radical (unpaired) electrons. The maximum Gasteiger partial charge on any atom is 0.259 e. The molecule has 2 aromatic heterocycles. The van der Waals surface area contributed by atoms with Gasteiger partial charge in [-0.1, -0.05) is 43.3 Å². The van der Waals surface area contributed by atoms with Gasteiger partial charge in [-0.05, 0) is 18.6 Å². The van der Waals surface area contributed by atoms with Crippen LogP contribution < -0.4 is 0 Å². The maximum absolute atomic E-state index is 13.0. The average molecular weight is 378 g/mol. The summed E-state index contributed by atoms with van der Waals surface area (Å²) < 4.78 is 5.39. The first-order valence-corrected chi connectivity index (χ1v) is 9.85. The van der Waals surface area contributed by atoms with E-state index < -0.39 is 0 Å². The minimum atomic E-state index is 0.0360. The molecule has 1 aliphatic heterocycles. The highest BCUT2D eigenvalue weighted by atomic mass is 16.5. The molecule has 0 spiro atoms. The van der Waals surface area contributed by atoms with Gasteiger partial charge in [0, 0.05) is 50.2 Å². The number of hydrogen-bond acceptors (Lipinski definition) is 5. The SMILES string of the molecule is Cc1noc(C(C)C)c1C(=O)N1CCN(Cc2cccc3cccnc23)CC1. The lowest BCUT2D eigenvalue weighted by atomic mass is 10.0. The Morgan fingerprint density at radius 1 is 1.14 bits per heavy atom. The van der Waals surface area contributed by atoms with E-state index in [9.17, 15) is 4.79 Å². The van der Waals surface area contributed by atoms with Gasteiger partial charge in [0.15, 0.2) is 5.76 Å². The minimum Gasteiger partial charge on any atom is -0.360 e. The van der Waals surface area contributed by atoms with E-state index in [1.807, 2.05) is 37.9 Å². The quantitative estimate of drug-likeness (QED) is 0.694. The Labute approximate surface area is 165 Å². The number of amides is 1. The van der Waals surface area contributed by atoms with Crippen molar-refractivity contribution in [3.63, 3.8) is 0 Å². The van der Waals surface area contributed by atoms with E-state index in [2.05, 4.69) is 39.3 Å². The number of benzene rings is 1. The normalized spacial score (nSPS) is 15.5. The van der Waals surface area contributed by atoms with E-state index in [0.29, 0.717) is 30.1 Å². The van der Waals surface area contributed by atoms with Crippen LogP contribution in [0.3, 0.4) is 0 Å². The van der Waals surface area contributed by atoms with Gasteiger partial charge in [0.1, 0.15) is 5.56 Å². The highest BCUT2D eigenvalue weighted by Crippen LogP contribution is 2.24. The summed E-state index contributed by atoms with van der Waals surface area (Å²) >= 11 is 0. The molecule has 6 heteroatoms. The zero-order valence-corrected chi connectivity index (χ0v) is 16.7. The Morgan fingerprint density at radius 3 is 2.64 bits per heavy atom. The van der Waals surface area contributed by atoms with Crippen LogP contribution in [0, 0.1) is 6.92 Å². The number of para-hydroxylation sites is 1. The van der Waals surface area contributed by atoms with Gasteiger partial charge >= 0.3 is 0 Å². The van der Waals surface area contributed by atoms with Crippen molar-refractivity contribution in [2.45, 2.75) is 33.2 Å². The molecule has 1 aromatic carbocycles. The molecule has 3 aromatic rings. The first-order valence-electron chi connectivity index (χ1n) is 9.85. The molecule has 1 amide bonds. The van der Waals surface area contributed by atoms with Crippen LogP contribution >= 0.6 is 0 Å². The number of carbonyl (C=O) groups is 1. The van der Waals surface area contributed by atoms with E-state index in [0.717, 1.165) is 30.5 Å². The number of fused-ring (bicyclic) bond motifs is 1. The Balaban J connectivity index is 1.44. The predicted molar refractivity (Wildman–Crippen MR) is 108 cm³/mol. The van der Waals surface area contributed by atoms with E-state index >= 15 is 0 Å². The average Bonchev–Trinajstić information content (AvgIpc) is 3.10. The Morgan fingerprint density at radius 2 is 1.89 bits per heavy atom. The monoisotopic (exact) mass is 378 g/mol. The van der Waals surface area contributed by atoms with Crippen LogP contribution in [0.25, 0.3) is 10.9 Å². The summed E-state index contributed by atoms with van der Waals surface area (Å²) in [5.41, 5.74) is 3.61. The fourth-order valence-electron chi connectivity index (χ4n) is 3.84. The van der Waals surface area contributed by atoms with Crippen LogP contribution in [0.5, 0.6) is 0 Å². The number of nitrogens with zero attached hydrogens (tertiary/aromatic N) is 4.